The van der Waals surface area contributed by atoms with Gasteiger partial charge in [-0.3, -0.25) is 9.59 Å². The zero-order valence-corrected chi connectivity index (χ0v) is 17.8. The lowest BCUT2D eigenvalue weighted by atomic mass is 10.1. The van der Waals surface area contributed by atoms with Crippen LogP contribution in [0.5, 0.6) is 0 Å². The van der Waals surface area contributed by atoms with Gasteiger partial charge in [-0.1, -0.05) is 55.8 Å². The number of hydrogen-bond donors (Lipinski definition) is 1. The number of aromatic nitrogens is 3. The molecule has 3 aromatic rings. The largest absolute Gasteiger partial charge is 0.352 e. The highest BCUT2D eigenvalue weighted by Gasteiger charge is 2.23. The van der Waals surface area contributed by atoms with Crippen molar-refractivity contribution in [1.29, 1.82) is 0 Å². The van der Waals surface area contributed by atoms with Gasteiger partial charge in [-0.25, -0.2) is 9.36 Å². The van der Waals surface area contributed by atoms with Crippen molar-refractivity contribution in [3.63, 3.8) is 0 Å². The summed E-state index contributed by atoms with van der Waals surface area (Å²) in [5.74, 6) is -0.424. The number of hydrogen-bond acceptors (Lipinski definition) is 4. The first-order valence-corrected chi connectivity index (χ1v) is 10.0. The second-order valence-corrected chi connectivity index (χ2v) is 7.82. The zero-order valence-electron chi connectivity index (χ0n) is 17.0. The number of amides is 1. The molecule has 0 fully saturated rings. The van der Waals surface area contributed by atoms with Crippen molar-refractivity contribution in [2.24, 2.45) is 5.92 Å². The minimum atomic E-state index is -0.733. The van der Waals surface area contributed by atoms with E-state index in [0.29, 0.717) is 17.3 Å². The highest BCUT2D eigenvalue weighted by Crippen LogP contribution is 2.15. The number of benzene rings is 2. The maximum Gasteiger partial charge on any atom is 0.352 e. The van der Waals surface area contributed by atoms with E-state index in [1.54, 1.807) is 31.2 Å². The second kappa shape index (κ2) is 9.09. The Balaban J connectivity index is 2.22. The molecule has 0 bridgehead atoms. The van der Waals surface area contributed by atoms with E-state index in [9.17, 15) is 14.4 Å². The summed E-state index contributed by atoms with van der Waals surface area (Å²) in [5, 5.41) is 7.30. The molecule has 1 atom stereocenters. The summed E-state index contributed by atoms with van der Waals surface area (Å²) in [6.45, 7) is 6.00. The van der Waals surface area contributed by atoms with Crippen LogP contribution in [0, 0.1) is 5.92 Å². The van der Waals surface area contributed by atoms with Crippen LogP contribution >= 0.6 is 11.6 Å². The molecule has 0 aliphatic rings. The van der Waals surface area contributed by atoms with Gasteiger partial charge in [-0.05, 0) is 42.7 Å². The van der Waals surface area contributed by atoms with Crippen molar-refractivity contribution in [3.8, 4) is 5.69 Å². The number of halogens is 1. The molecule has 0 saturated carbocycles. The molecule has 1 aromatic heterocycles. The van der Waals surface area contributed by atoms with Crippen molar-refractivity contribution in [1.82, 2.24) is 19.7 Å². The highest BCUT2D eigenvalue weighted by atomic mass is 35.5. The maximum absolute atomic E-state index is 13.2. The lowest BCUT2D eigenvalue weighted by Gasteiger charge is -2.18. The van der Waals surface area contributed by atoms with Gasteiger partial charge in [0.05, 0.1) is 11.7 Å². The van der Waals surface area contributed by atoms with E-state index < -0.39 is 23.2 Å². The Kier molecular flexibility index (Phi) is 6.52. The fourth-order valence-electron chi connectivity index (χ4n) is 2.98. The predicted molar refractivity (Wildman–Crippen MR) is 117 cm³/mol. The molecule has 2 aromatic carbocycles. The molecule has 1 heterocycles. The van der Waals surface area contributed by atoms with E-state index in [0.717, 1.165) is 14.8 Å². The van der Waals surface area contributed by atoms with Crippen LogP contribution in [0.3, 0.4) is 0 Å². The summed E-state index contributed by atoms with van der Waals surface area (Å²) >= 11 is 5.95. The Morgan fingerprint density at radius 3 is 2.27 bits per heavy atom. The molecule has 0 radical (unpaired) electrons. The Morgan fingerprint density at radius 1 is 1.03 bits per heavy atom. The van der Waals surface area contributed by atoms with Gasteiger partial charge < -0.3 is 5.32 Å². The van der Waals surface area contributed by atoms with Crippen LogP contribution in [0.4, 0.5) is 0 Å². The zero-order chi connectivity index (χ0) is 21.8. The van der Waals surface area contributed by atoms with Gasteiger partial charge in [-0.15, -0.1) is 0 Å². The summed E-state index contributed by atoms with van der Waals surface area (Å²) in [6, 6.07) is 15.0. The Hall–Kier alpha value is -3.19. The second-order valence-electron chi connectivity index (χ2n) is 7.39. The first kappa shape index (κ1) is 21.5. The molecule has 1 N–H and O–H groups in total. The third-order valence-electron chi connectivity index (χ3n) is 4.64. The summed E-state index contributed by atoms with van der Waals surface area (Å²) in [7, 11) is 0. The predicted octanol–water partition coefficient (Wildman–Crippen LogP) is 3.04. The average Bonchev–Trinajstić information content (AvgIpc) is 2.73. The molecule has 0 unspecified atom stereocenters. The Morgan fingerprint density at radius 2 is 1.67 bits per heavy atom. The summed E-state index contributed by atoms with van der Waals surface area (Å²) in [4.78, 5) is 39.1. The molecule has 0 spiro atoms. The van der Waals surface area contributed by atoms with Crippen LogP contribution in [0.25, 0.3) is 5.69 Å². The van der Waals surface area contributed by atoms with Crippen molar-refractivity contribution in [2.45, 2.75) is 26.8 Å². The Labute approximate surface area is 178 Å². The van der Waals surface area contributed by atoms with E-state index in [1.165, 1.54) is 0 Å². The van der Waals surface area contributed by atoms with Crippen LogP contribution < -0.4 is 16.6 Å². The van der Waals surface area contributed by atoms with Crippen LogP contribution in [0.2, 0.25) is 5.02 Å². The number of nitrogens with one attached hydrogen (secondary N) is 1. The van der Waals surface area contributed by atoms with Gasteiger partial charge in [0.25, 0.3) is 11.5 Å². The molecule has 8 heteroatoms. The molecule has 3 rings (SSSR count). The lowest BCUT2D eigenvalue weighted by molar-refractivity contribution is 0.0939. The van der Waals surface area contributed by atoms with Crippen LogP contribution in [-0.4, -0.2) is 26.8 Å². The van der Waals surface area contributed by atoms with E-state index >= 15 is 0 Å². The molecule has 0 aliphatic heterocycles. The van der Waals surface area contributed by atoms with Gasteiger partial charge in [0.1, 0.15) is 0 Å². The summed E-state index contributed by atoms with van der Waals surface area (Å²) < 4.78 is 2.11. The monoisotopic (exact) mass is 426 g/mol. The maximum atomic E-state index is 13.2. The standard InChI is InChI=1S/C22H23ClN4O3/c1-14(2)13-24-20(28)19-21(29)26(15(3)16-7-5-4-6-8-16)22(30)27(25-19)18-11-9-17(23)10-12-18/h4-12,14-15H,13H2,1-3H3,(H,24,28)/t15-/m1/s1. The molecular weight excluding hydrogens is 404 g/mol. The molecule has 0 aliphatic carbocycles. The number of nitrogens with zero attached hydrogens (tertiary/aromatic N) is 3. The van der Waals surface area contributed by atoms with E-state index in [-0.39, 0.29) is 11.6 Å². The van der Waals surface area contributed by atoms with Gasteiger partial charge in [0.2, 0.25) is 5.69 Å². The molecule has 30 heavy (non-hydrogen) atoms. The van der Waals surface area contributed by atoms with Crippen LogP contribution in [0.1, 0.15) is 42.9 Å². The normalized spacial score (nSPS) is 12.0. The Bertz CT molecular complexity index is 1150. The van der Waals surface area contributed by atoms with Crippen LogP contribution in [0.15, 0.2) is 64.2 Å². The topological polar surface area (TPSA) is 86.0 Å². The minimum Gasteiger partial charge on any atom is -0.350 e. The highest BCUT2D eigenvalue weighted by molar-refractivity contribution is 6.30. The van der Waals surface area contributed by atoms with Gasteiger partial charge in [0.15, 0.2) is 0 Å². The molecule has 0 saturated heterocycles. The van der Waals surface area contributed by atoms with Crippen molar-refractivity contribution < 1.29 is 4.79 Å². The van der Waals surface area contributed by atoms with Gasteiger partial charge >= 0.3 is 5.69 Å². The first-order valence-electron chi connectivity index (χ1n) is 9.64. The SMILES string of the molecule is CC(C)CNC(=O)c1nn(-c2ccc(Cl)cc2)c(=O)n([C@H](C)c2ccccc2)c1=O. The summed E-state index contributed by atoms with van der Waals surface area (Å²) in [6.07, 6.45) is 0. The number of carbonyl (C=O) groups is 1. The molecule has 156 valence electrons. The van der Waals surface area contributed by atoms with Crippen molar-refractivity contribution >= 4 is 17.5 Å². The van der Waals surface area contributed by atoms with E-state index in [2.05, 4.69) is 10.4 Å². The number of rotatable bonds is 6. The minimum absolute atomic E-state index is 0.196. The lowest BCUT2D eigenvalue weighted by Crippen LogP contribution is -2.47. The summed E-state index contributed by atoms with van der Waals surface area (Å²) in [5.41, 5.74) is -0.551. The van der Waals surface area contributed by atoms with E-state index in [1.807, 2.05) is 44.2 Å². The third kappa shape index (κ3) is 4.52. The third-order valence-corrected chi connectivity index (χ3v) is 4.89. The number of carbonyl (C=O) groups excluding carboxylic acids is 1. The smallest absolute Gasteiger partial charge is 0.350 e. The van der Waals surface area contributed by atoms with E-state index in [4.69, 9.17) is 11.6 Å². The fraction of sp³-hybridized carbons (Fsp3) is 0.273. The molecular formula is C22H23ClN4O3. The molecule has 7 nitrogen and oxygen atoms in total. The quantitative estimate of drug-likeness (QED) is 0.656. The fourth-order valence-corrected chi connectivity index (χ4v) is 3.11. The van der Waals surface area contributed by atoms with Gasteiger partial charge in [0, 0.05) is 11.6 Å². The average molecular weight is 427 g/mol. The van der Waals surface area contributed by atoms with Gasteiger partial charge in [-0.2, -0.15) is 9.78 Å². The van der Waals surface area contributed by atoms with Crippen molar-refractivity contribution in [3.05, 3.63) is 91.7 Å². The first-order chi connectivity index (χ1) is 14.3. The molecule has 1 amide bonds. The van der Waals surface area contributed by atoms with Crippen LogP contribution in [-0.2, 0) is 0 Å². The van der Waals surface area contributed by atoms with Crippen molar-refractivity contribution in [2.75, 3.05) is 6.54 Å².